The molecule has 0 aliphatic carbocycles. The zero-order chi connectivity index (χ0) is 17.1. The van der Waals surface area contributed by atoms with E-state index in [1.54, 1.807) is 24.1 Å². The highest BCUT2D eigenvalue weighted by Crippen LogP contribution is 2.19. The molecule has 6 nitrogen and oxygen atoms in total. The Bertz CT molecular complexity index is 810. The highest BCUT2D eigenvalue weighted by atomic mass is 32.1. The predicted molar refractivity (Wildman–Crippen MR) is 92.0 cm³/mol. The Labute approximate surface area is 143 Å². The van der Waals surface area contributed by atoms with Crippen LogP contribution in [0.25, 0.3) is 10.1 Å². The number of likely N-dealkylation sites (tertiary alicyclic amines) is 1. The second kappa shape index (κ2) is 7.17. The summed E-state index contributed by atoms with van der Waals surface area (Å²) in [4.78, 5) is 38.5. The van der Waals surface area contributed by atoms with Crippen molar-refractivity contribution in [3.8, 4) is 0 Å². The van der Waals surface area contributed by atoms with Crippen molar-refractivity contribution in [1.82, 2.24) is 9.47 Å². The first-order valence-corrected chi connectivity index (χ1v) is 8.99. The van der Waals surface area contributed by atoms with Crippen LogP contribution in [0.15, 0.2) is 28.5 Å². The van der Waals surface area contributed by atoms with Crippen LogP contribution >= 0.6 is 11.3 Å². The normalized spacial score (nSPS) is 17.9. The van der Waals surface area contributed by atoms with Crippen LogP contribution in [0.1, 0.15) is 19.8 Å². The third kappa shape index (κ3) is 3.36. The molecule has 1 aliphatic rings. The standard InChI is InChI=1S/C17H20N2O4S/c1-2-23-17(22)12-4-3-7-18(10-12)15(20)11-19-8-5-14-13(16(19)21)6-9-24-14/h5-6,8-9,12H,2-4,7,10-11H2,1H3. The summed E-state index contributed by atoms with van der Waals surface area (Å²) in [5.41, 5.74) is -0.152. The second-order valence-corrected chi connectivity index (χ2v) is 6.83. The lowest BCUT2D eigenvalue weighted by Gasteiger charge is -2.31. The summed E-state index contributed by atoms with van der Waals surface area (Å²) >= 11 is 1.51. The number of rotatable bonds is 4. The summed E-state index contributed by atoms with van der Waals surface area (Å²) in [6.45, 7) is 3.10. The van der Waals surface area contributed by atoms with E-state index in [1.807, 2.05) is 11.4 Å². The Morgan fingerprint density at radius 1 is 1.38 bits per heavy atom. The molecule has 24 heavy (non-hydrogen) atoms. The summed E-state index contributed by atoms with van der Waals surface area (Å²) in [7, 11) is 0. The maximum absolute atomic E-state index is 12.5. The van der Waals surface area contributed by atoms with Crippen LogP contribution < -0.4 is 5.56 Å². The van der Waals surface area contributed by atoms with Gasteiger partial charge in [-0.05, 0) is 37.3 Å². The fourth-order valence-electron chi connectivity index (χ4n) is 3.03. The van der Waals surface area contributed by atoms with Gasteiger partial charge in [0.2, 0.25) is 5.91 Å². The van der Waals surface area contributed by atoms with Gasteiger partial charge in [-0.1, -0.05) is 0 Å². The highest BCUT2D eigenvalue weighted by molar-refractivity contribution is 7.17. The number of esters is 1. The molecule has 0 spiro atoms. The van der Waals surface area contributed by atoms with Gasteiger partial charge >= 0.3 is 5.97 Å². The molecule has 3 rings (SSSR count). The van der Waals surface area contributed by atoms with Crippen LogP contribution in [0.5, 0.6) is 0 Å². The molecule has 7 heteroatoms. The van der Waals surface area contributed by atoms with E-state index in [4.69, 9.17) is 4.74 Å². The van der Waals surface area contributed by atoms with Gasteiger partial charge in [-0.15, -0.1) is 11.3 Å². The Hall–Kier alpha value is -2.15. The van der Waals surface area contributed by atoms with E-state index in [0.29, 0.717) is 25.1 Å². The molecule has 1 aliphatic heterocycles. The molecule has 3 heterocycles. The van der Waals surface area contributed by atoms with Gasteiger partial charge in [-0.3, -0.25) is 14.4 Å². The monoisotopic (exact) mass is 348 g/mol. The van der Waals surface area contributed by atoms with Crippen LogP contribution in [0.2, 0.25) is 0 Å². The zero-order valence-electron chi connectivity index (χ0n) is 13.6. The first-order valence-electron chi connectivity index (χ1n) is 8.11. The van der Waals surface area contributed by atoms with Gasteiger partial charge in [0.1, 0.15) is 6.54 Å². The summed E-state index contributed by atoms with van der Waals surface area (Å²) < 4.78 is 7.41. The first-order chi connectivity index (χ1) is 11.6. The lowest BCUT2D eigenvalue weighted by atomic mass is 9.98. The van der Waals surface area contributed by atoms with Gasteiger partial charge in [0.25, 0.3) is 5.56 Å². The average Bonchev–Trinajstić information content (AvgIpc) is 3.07. The topological polar surface area (TPSA) is 68.6 Å². The summed E-state index contributed by atoms with van der Waals surface area (Å²) in [5.74, 6) is -0.647. The van der Waals surface area contributed by atoms with Crippen LogP contribution in [0.3, 0.4) is 0 Å². The SMILES string of the molecule is CCOC(=O)C1CCCN(C(=O)Cn2ccc3sccc3c2=O)C1. The van der Waals surface area contributed by atoms with Crippen LogP contribution in [0, 0.1) is 5.92 Å². The summed E-state index contributed by atoms with van der Waals surface area (Å²) in [6.07, 6.45) is 3.17. The molecule has 1 amide bonds. The van der Waals surface area contributed by atoms with E-state index >= 15 is 0 Å². The molecule has 0 radical (unpaired) electrons. The number of amides is 1. The molecule has 128 valence electrons. The van der Waals surface area contributed by atoms with E-state index in [2.05, 4.69) is 0 Å². The summed E-state index contributed by atoms with van der Waals surface area (Å²) in [5, 5.41) is 2.51. The molecule has 1 atom stereocenters. The van der Waals surface area contributed by atoms with Crippen molar-refractivity contribution in [2.75, 3.05) is 19.7 Å². The average molecular weight is 348 g/mol. The molecule has 0 N–H and O–H groups in total. The largest absolute Gasteiger partial charge is 0.466 e. The zero-order valence-corrected chi connectivity index (χ0v) is 14.4. The van der Waals surface area contributed by atoms with Crippen molar-refractivity contribution < 1.29 is 14.3 Å². The third-order valence-corrected chi connectivity index (χ3v) is 5.17. The molecule has 0 bridgehead atoms. The van der Waals surface area contributed by atoms with E-state index < -0.39 is 0 Å². The van der Waals surface area contributed by atoms with Crippen LogP contribution in [-0.2, 0) is 20.9 Å². The number of pyridine rings is 1. The molecule has 1 saturated heterocycles. The number of aromatic nitrogens is 1. The number of nitrogens with zero attached hydrogens (tertiary/aromatic N) is 2. The van der Waals surface area contributed by atoms with E-state index in [1.165, 1.54) is 15.9 Å². The van der Waals surface area contributed by atoms with Crippen LogP contribution in [0.4, 0.5) is 0 Å². The molecule has 0 saturated carbocycles. The minimum absolute atomic E-state index is 0.000164. The van der Waals surface area contributed by atoms with Gasteiger partial charge < -0.3 is 14.2 Å². The van der Waals surface area contributed by atoms with E-state index in [9.17, 15) is 14.4 Å². The summed E-state index contributed by atoms with van der Waals surface area (Å²) in [6, 6.07) is 3.63. The van der Waals surface area contributed by atoms with Gasteiger partial charge in [0, 0.05) is 24.0 Å². The number of hydrogen-bond acceptors (Lipinski definition) is 5. The molecule has 2 aromatic heterocycles. The number of hydrogen-bond donors (Lipinski definition) is 0. The van der Waals surface area contributed by atoms with Crippen molar-refractivity contribution in [3.05, 3.63) is 34.1 Å². The van der Waals surface area contributed by atoms with Crippen molar-refractivity contribution in [3.63, 3.8) is 0 Å². The van der Waals surface area contributed by atoms with Gasteiger partial charge in [0.15, 0.2) is 0 Å². The minimum Gasteiger partial charge on any atom is -0.466 e. The molecule has 1 fully saturated rings. The number of carbonyl (C=O) groups is 2. The Morgan fingerprint density at radius 3 is 3.00 bits per heavy atom. The molecule has 1 unspecified atom stereocenters. The Kier molecular flexibility index (Phi) is 4.99. The van der Waals surface area contributed by atoms with Gasteiger partial charge in [0.05, 0.1) is 17.9 Å². The number of fused-ring (bicyclic) bond motifs is 1. The van der Waals surface area contributed by atoms with Crippen molar-refractivity contribution in [1.29, 1.82) is 0 Å². The molecule has 2 aromatic rings. The fourth-order valence-corrected chi connectivity index (χ4v) is 3.81. The van der Waals surface area contributed by atoms with Crippen molar-refractivity contribution in [2.24, 2.45) is 5.92 Å². The number of carbonyl (C=O) groups excluding carboxylic acids is 2. The highest BCUT2D eigenvalue weighted by Gasteiger charge is 2.29. The smallest absolute Gasteiger partial charge is 0.310 e. The molecular formula is C17H20N2O4S. The lowest BCUT2D eigenvalue weighted by Crippen LogP contribution is -2.44. The number of thiophene rings is 1. The molecular weight excluding hydrogens is 328 g/mol. The maximum Gasteiger partial charge on any atom is 0.310 e. The fraction of sp³-hybridized carbons (Fsp3) is 0.471. The van der Waals surface area contributed by atoms with E-state index in [-0.39, 0.29) is 29.9 Å². The minimum atomic E-state index is -0.265. The third-order valence-electron chi connectivity index (χ3n) is 4.29. The van der Waals surface area contributed by atoms with Gasteiger partial charge in [-0.25, -0.2) is 0 Å². The van der Waals surface area contributed by atoms with Crippen molar-refractivity contribution in [2.45, 2.75) is 26.3 Å². The van der Waals surface area contributed by atoms with Crippen LogP contribution in [-0.4, -0.2) is 41.0 Å². The van der Waals surface area contributed by atoms with Crippen molar-refractivity contribution >= 4 is 33.3 Å². The van der Waals surface area contributed by atoms with Gasteiger partial charge in [-0.2, -0.15) is 0 Å². The quantitative estimate of drug-likeness (QED) is 0.791. The predicted octanol–water partition coefficient (Wildman–Crippen LogP) is 1.86. The van der Waals surface area contributed by atoms with E-state index in [0.717, 1.165) is 17.5 Å². The maximum atomic E-state index is 12.5. The first kappa shape index (κ1) is 16.7. The second-order valence-electron chi connectivity index (χ2n) is 5.88. The molecule has 0 aromatic carbocycles. The lowest BCUT2D eigenvalue weighted by molar-refractivity contribution is -0.151. The Morgan fingerprint density at radius 2 is 2.21 bits per heavy atom. The Balaban J connectivity index is 1.70. The number of piperidine rings is 1. The number of ether oxygens (including phenoxy) is 1.